The molecular weight excluding hydrogens is 352 g/mol. The van der Waals surface area contributed by atoms with Gasteiger partial charge < -0.3 is 5.32 Å². The Bertz CT molecular complexity index is 888. The first-order valence-electron chi connectivity index (χ1n) is 8.31. The third-order valence-electron chi connectivity index (χ3n) is 4.21. The van der Waals surface area contributed by atoms with Gasteiger partial charge in [0.2, 0.25) is 5.91 Å². The van der Waals surface area contributed by atoms with E-state index in [4.69, 9.17) is 0 Å². The van der Waals surface area contributed by atoms with Crippen LogP contribution in [0.3, 0.4) is 0 Å². The molecule has 0 bridgehead atoms. The Balaban J connectivity index is 1.40. The number of aryl methyl sites for hydroxylation is 1. The van der Waals surface area contributed by atoms with Gasteiger partial charge in [0.05, 0.1) is 23.5 Å². The molecule has 1 aliphatic rings. The van der Waals surface area contributed by atoms with E-state index in [0.717, 1.165) is 34.9 Å². The fraction of sp³-hybridized carbons (Fsp3) is 0.333. The van der Waals surface area contributed by atoms with Gasteiger partial charge in [-0.2, -0.15) is 0 Å². The number of carbonyl (C=O) groups excluding carboxylic acids is 1. The van der Waals surface area contributed by atoms with Gasteiger partial charge in [-0.1, -0.05) is 13.0 Å². The number of nitrogens with zero attached hydrogens (tertiary/aromatic N) is 3. The van der Waals surface area contributed by atoms with Crippen molar-refractivity contribution in [3.8, 4) is 10.7 Å². The summed E-state index contributed by atoms with van der Waals surface area (Å²) in [6.45, 7) is 2.27. The third-order valence-corrected chi connectivity index (χ3v) is 6.16. The average Bonchev–Trinajstić information content (AvgIpc) is 3.21. The van der Waals surface area contributed by atoms with Crippen molar-refractivity contribution in [2.45, 2.75) is 32.6 Å². The van der Waals surface area contributed by atoms with Gasteiger partial charge in [-0.3, -0.25) is 9.78 Å². The number of carbonyl (C=O) groups is 1. The van der Waals surface area contributed by atoms with Crippen LogP contribution in [-0.2, 0) is 24.1 Å². The SMILES string of the molecule is C[C@H]1CCc2nc(NC(=O)Cc3csc(-c4ccccn4)n3)sc2C1. The van der Waals surface area contributed by atoms with E-state index >= 15 is 0 Å². The Morgan fingerprint density at radius 2 is 2.28 bits per heavy atom. The highest BCUT2D eigenvalue weighted by molar-refractivity contribution is 7.16. The summed E-state index contributed by atoms with van der Waals surface area (Å²) in [6, 6.07) is 5.73. The second kappa shape index (κ2) is 7.01. The van der Waals surface area contributed by atoms with Crippen molar-refractivity contribution in [3.05, 3.63) is 46.0 Å². The highest BCUT2D eigenvalue weighted by atomic mass is 32.1. The zero-order valence-corrected chi connectivity index (χ0v) is 15.5. The molecule has 3 heterocycles. The van der Waals surface area contributed by atoms with Crippen LogP contribution >= 0.6 is 22.7 Å². The minimum Gasteiger partial charge on any atom is -0.302 e. The van der Waals surface area contributed by atoms with Crippen molar-refractivity contribution < 1.29 is 4.79 Å². The monoisotopic (exact) mass is 370 g/mol. The highest BCUT2D eigenvalue weighted by Gasteiger charge is 2.20. The second-order valence-electron chi connectivity index (χ2n) is 6.32. The van der Waals surface area contributed by atoms with Crippen LogP contribution < -0.4 is 5.32 Å². The molecule has 1 aliphatic carbocycles. The molecule has 0 aliphatic heterocycles. The second-order valence-corrected chi connectivity index (χ2v) is 8.26. The Hall–Kier alpha value is -2.12. The molecule has 3 aromatic rings. The van der Waals surface area contributed by atoms with Crippen LogP contribution in [-0.4, -0.2) is 20.9 Å². The van der Waals surface area contributed by atoms with Crippen LogP contribution in [0, 0.1) is 5.92 Å². The molecular formula is C18H18N4OS2. The number of fused-ring (bicyclic) bond motifs is 1. The Kier molecular flexibility index (Phi) is 4.59. The van der Waals surface area contributed by atoms with Gasteiger partial charge in [0.15, 0.2) is 5.13 Å². The summed E-state index contributed by atoms with van der Waals surface area (Å²) >= 11 is 3.12. The molecule has 5 nitrogen and oxygen atoms in total. The molecule has 0 spiro atoms. The fourth-order valence-corrected chi connectivity index (χ4v) is 4.90. The standard InChI is InChI=1S/C18H18N4OS2/c1-11-5-6-13-15(8-11)25-18(21-13)22-16(23)9-12-10-24-17(20-12)14-4-2-3-7-19-14/h2-4,7,10-11H,5-6,8-9H2,1H3,(H,21,22,23)/t11-/m0/s1. The van der Waals surface area contributed by atoms with E-state index in [-0.39, 0.29) is 12.3 Å². The van der Waals surface area contributed by atoms with Crippen molar-refractivity contribution in [3.63, 3.8) is 0 Å². The van der Waals surface area contributed by atoms with Gasteiger partial charge in [0.25, 0.3) is 0 Å². The first-order valence-corrected chi connectivity index (χ1v) is 10.0. The van der Waals surface area contributed by atoms with E-state index in [1.54, 1.807) is 17.5 Å². The molecule has 0 aromatic carbocycles. The number of rotatable bonds is 4. The minimum absolute atomic E-state index is 0.0722. The highest BCUT2D eigenvalue weighted by Crippen LogP contribution is 2.32. The normalized spacial score (nSPS) is 16.4. The van der Waals surface area contributed by atoms with E-state index in [9.17, 15) is 4.79 Å². The molecule has 0 saturated heterocycles. The van der Waals surface area contributed by atoms with E-state index in [0.29, 0.717) is 11.0 Å². The summed E-state index contributed by atoms with van der Waals surface area (Å²) in [4.78, 5) is 27.0. The zero-order valence-electron chi connectivity index (χ0n) is 13.9. The van der Waals surface area contributed by atoms with E-state index in [1.165, 1.54) is 22.6 Å². The number of thiazole rings is 2. The maximum atomic E-state index is 12.3. The molecule has 0 saturated carbocycles. The summed E-state index contributed by atoms with van der Waals surface area (Å²) in [6.07, 6.45) is 5.27. The molecule has 1 N–H and O–H groups in total. The molecule has 7 heteroatoms. The summed E-state index contributed by atoms with van der Waals surface area (Å²) in [5, 5.41) is 6.39. The van der Waals surface area contributed by atoms with Gasteiger partial charge in [0, 0.05) is 16.5 Å². The average molecular weight is 371 g/mol. The number of hydrogen-bond donors (Lipinski definition) is 1. The van der Waals surface area contributed by atoms with Crippen LogP contribution in [0.2, 0.25) is 0 Å². The van der Waals surface area contributed by atoms with Crippen LogP contribution in [0.25, 0.3) is 10.7 Å². The quantitative estimate of drug-likeness (QED) is 0.755. The van der Waals surface area contributed by atoms with Crippen LogP contribution in [0.5, 0.6) is 0 Å². The van der Waals surface area contributed by atoms with Crippen molar-refractivity contribution in [1.29, 1.82) is 0 Å². The first-order chi connectivity index (χ1) is 12.2. The number of pyridine rings is 1. The number of nitrogens with one attached hydrogen (secondary N) is 1. The van der Waals surface area contributed by atoms with Crippen molar-refractivity contribution in [2.75, 3.05) is 5.32 Å². The number of anilines is 1. The third kappa shape index (κ3) is 3.77. The molecule has 0 radical (unpaired) electrons. The molecule has 3 aromatic heterocycles. The Labute approximate surface area is 154 Å². The van der Waals surface area contributed by atoms with Crippen molar-refractivity contribution in [1.82, 2.24) is 15.0 Å². The molecule has 0 unspecified atom stereocenters. The fourth-order valence-electron chi connectivity index (χ4n) is 2.92. The van der Waals surface area contributed by atoms with Crippen LogP contribution in [0.1, 0.15) is 29.6 Å². The molecule has 1 amide bonds. The molecule has 0 fully saturated rings. The zero-order chi connectivity index (χ0) is 17.2. The topological polar surface area (TPSA) is 67.8 Å². The first kappa shape index (κ1) is 16.4. The lowest BCUT2D eigenvalue weighted by molar-refractivity contribution is -0.115. The minimum atomic E-state index is -0.0722. The van der Waals surface area contributed by atoms with Crippen molar-refractivity contribution in [2.24, 2.45) is 5.92 Å². The van der Waals surface area contributed by atoms with E-state index in [2.05, 4.69) is 27.2 Å². The van der Waals surface area contributed by atoms with Crippen LogP contribution in [0.4, 0.5) is 5.13 Å². The van der Waals surface area contributed by atoms with Gasteiger partial charge in [-0.15, -0.1) is 22.7 Å². The van der Waals surface area contributed by atoms with Gasteiger partial charge in [-0.25, -0.2) is 9.97 Å². The summed E-state index contributed by atoms with van der Waals surface area (Å²) in [5.41, 5.74) is 2.75. The predicted octanol–water partition coefficient (Wildman–Crippen LogP) is 3.97. The summed E-state index contributed by atoms with van der Waals surface area (Å²) in [5.74, 6) is 0.633. The largest absolute Gasteiger partial charge is 0.302 e. The maximum absolute atomic E-state index is 12.3. The lowest BCUT2D eigenvalue weighted by atomic mass is 9.93. The molecule has 25 heavy (non-hydrogen) atoms. The number of aromatic nitrogens is 3. The number of amides is 1. The van der Waals surface area contributed by atoms with Gasteiger partial charge >= 0.3 is 0 Å². The van der Waals surface area contributed by atoms with E-state index < -0.39 is 0 Å². The maximum Gasteiger partial charge on any atom is 0.232 e. The van der Waals surface area contributed by atoms with E-state index in [1.807, 2.05) is 23.6 Å². The Morgan fingerprint density at radius 1 is 1.36 bits per heavy atom. The number of hydrogen-bond acceptors (Lipinski definition) is 6. The van der Waals surface area contributed by atoms with Gasteiger partial charge in [-0.05, 0) is 37.3 Å². The molecule has 1 atom stereocenters. The Morgan fingerprint density at radius 3 is 3.12 bits per heavy atom. The molecule has 4 rings (SSSR count). The summed E-state index contributed by atoms with van der Waals surface area (Å²) < 4.78 is 0. The lowest BCUT2D eigenvalue weighted by Crippen LogP contribution is -2.14. The smallest absolute Gasteiger partial charge is 0.232 e. The van der Waals surface area contributed by atoms with Crippen LogP contribution in [0.15, 0.2) is 29.8 Å². The predicted molar refractivity (Wildman–Crippen MR) is 101 cm³/mol. The summed E-state index contributed by atoms with van der Waals surface area (Å²) in [7, 11) is 0. The lowest BCUT2D eigenvalue weighted by Gasteiger charge is -2.15. The van der Waals surface area contributed by atoms with Gasteiger partial charge in [0.1, 0.15) is 5.01 Å². The van der Waals surface area contributed by atoms with Crippen molar-refractivity contribution >= 4 is 33.7 Å². The molecule has 128 valence electrons.